The zero-order valence-electron chi connectivity index (χ0n) is 8.07. The molecule has 4 heteroatoms. The van der Waals surface area contributed by atoms with Gasteiger partial charge in [-0.15, -0.1) is 17.0 Å². The lowest BCUT2D eigenvalue weighted by Crippen LogP contribution is -1.84. The maximum atomic E-state index is 4.51. The van der Waals surface area contributed by atoms with Gasteiger partial charge in [-0.1, -0.05) is 29.8 Å². The molecule has 2 nitrogen and oxygen atoms in total. The van der Waals surface area contributed by atoms with Crippen LogP contribution >= 0.6 is 32.9 Å². The zero-order valence-corrected chi connectivity index (χ0v) is 11.4. The minimum absolute atomic E-state index is 0. The summed E-state index contributed by atoms with van der Waals surface area (Å²) in [7, 11) is 0. The average Bonchev–Trinajstić information content (AvgIpc) is 2.46. The molecule has 76 valence electrons. The molecule has 0 aliphatic heterocycles. The van der Waals surface area contributed by atoms with E-state index >= 15 is 0 Å². The van der Waals surface area contributed by atoms with Crippen LogP contribution in [0.25, 0.3) is 5.65 Å². The molecule has 0 spiro atoms. The van der Waals surface area contributed by atoms with Crippen molar-refractivity contribution in [3.05, 3.63) is 34.7 Å². The topological polar surface area (TPSA) is 17.3 Å². The number of halogens is 2. The van der Waals surface area contributed by atoms with E-state index in [4.69, 9.17) is 0 Å². The van der Waals surface area contributed by atoms with Gasteiger partial charge in [0.1, 0.15) is 5.65 Å². The SMILES string of the molecule is Br.CC(C)c1cn2ccc(Br)cc2n1. The summed E-state index contributed by atoms with van der Waals surface area (Å²) < 4.78 is 3.11. The molecular weight excluding hydrogens is 308 g/mol. The Morgan fingerprint density at radius 1 is 1.43 bits per heavy atom. The summed E-state index contributed by atoms with van der Waals surface area (Å²) in [5.74, 6) is 0.485. The van der Waals surface area contributed by atoms with E-state index in [-0.39, 0.29) is 17.0 Å². The molecule has 0 unspecified atom stereocenters. The maximum absolute atomic E-state index is 4.51. The number of aromatic nitrogens is 2. The first kappa shape index (κ1) is 11.7. The predicted molar refractivity (Wildman–Crippen MR) is 67.3 cm³/mol. The normalized spacial score (nSPS) is 10.6. The van der Waals surface area contributed by atoms with Gasteiger partial charge >= 0.3 is 0 Å². The van der Waals surface area contributed by atoms with Crippen LogP contribution in [0.15, 0.2) is 29.0 Å². The maximum Gasteiger partial charge on any atom is 0.138 e. The van der Waals surface area contributed by atoms with Crippen LogP contribution in [0.2, 0.25) is 0 Å². The highest BCUT2D eigenvalue weighted by molar-refractivity contribution is 9.10. The average molecular weight is 320 g/mol. The van der Waals surface area contributed by atoms with Crippen molar-refractivity contribution in [3.8, 4) is 0 Å². The molecule has 0 bridgehead atoms. The molecule has 0 saturated carbocycles. The Hall–Kier alpha value is -0.350. The van der Waals surface area contributed by atoms with Crippen molar-refractivity contribution < 1.29 is 0 Å². The van der Waals surface area contributed by atoms with E-state index in [1.807, 2.05) is 22.7 Å². The molecule has 0 radical (unpaired) electrons. The number of imidazole rings is 1. The van der Waals surface area contributed by atoms with E-state index in [2.05, 4.69) is 41.0 Å². The molecule has 2 rings (SSSR count). The molecule has 0 atom stereocenters. The predicted octanol–water partition coefficient (Wildman–Crippen LogP) is 3.80. The molecule has 0 fully saturated rings. The van der Waals surface area contributed by atoms with Crippen molar-refractivity contribution in [2.45, 2.75) is 19.8 Å². The number of hydrogen-bond donors (Lipinski definition) is 0. The third-order valence-electron chi connectivity index (χ3n) is 2.03. The van der Waals surface area contributed by atoms with Crippen LogP contribution in [0.1, 0.15) is 25.5 Å². The van der Waals surface area contributed by atoms with E-state index in [1.54, 1.807) is 0 Å². The fraction of sp³-hybridized carbons (Fsp3) is 0.300. The summed E-state index contributed by atoms with van der Waals surface area (Å²) in [5, 5.41) is 0. The van der Waals surface area contributed by atoms with Crippen molar-refractivity contribution in [2.75, 3.05) is 0 Å². The smallest absolute Gasteiger partial charge is 0.138 e. The number of fused-ring (bicyclic) bond motifs is 1. The van der Waals surface area contributed by atoms with Gasteiger partial charge in [0, 0.05) is 16.9 Å². The molecule has 0 saturated heterocycles. The van der Waals surface area contributed by atoms with E-state index < -0.39 is 0 Å². The van der Waals surface area contributed by atoms with Gasteiger partial charge in [0.2, 0.25) is 0 Å². The lowest BCUT2D eigenvalue weighted by Gasteiger charge is -1.94. The van der Waals surface area contributed by atoms with Gasteiger partial charge in [0.15, 0.2) is 0 Å². The molecule has 2 aromatic rings. The Labute approximate surface area is 102 Å². The van der Waals surface area contributed by atoms with Gasteiger partial charge in [0.05, 0.1) is 5.69 Å². The molecule has 0 aromatic carbocycles. The highest BCUT2D eigenvalue weighted by atomic mass is 79.9. The standard InChI is InChI=1S/C10H11BrN2.BrH/c1-7(2)9-6-13-4-3-8(11)5-10(13)12-9;/h3-7H,1-2H3;1H. The highest BCUT2D eigenvalue weighted by Crippen LogP contribution is 2.17. The Morgan fingerprint density at radius 3 is 2.79 bits per heavy atom. The summed E-state index contributed by atoms with van der Waals surface area (Å²) in [6.07, 6.45) is 4.09. The van der Waals surface area contributed by atoms with Crippen molar-refractivity contribution in [1.29, 1.82) is 0 Å². The number of pyridine rings is 1. The second-order valence-corrected chi connectivity index (χ2v) is 4.35. The van der Waals surface area contributed by atoms with E-state index in [1.165, 1.54) is 0 Å². The first-order valence-corrected chi connectivity index (χ1v) is 5.10. The van der Waals surface area contributed by atoms with Gasteiger partial charge in [-0.2, -0.15) is 0 Å². The molecule has 0 amide bonds. The molecule has 0 N–H and O–H groups in total. The fourth-order valence-corrected chi connectivity index (χ4v) is 1.58. The second-order valence-electron chi connectivity index (χ2n) is 3.43. The van der Waals surface area contributed by atoms with Crippen LogP contribution in [0.3, 0.4) is 0 Å². The van der Waals surface area contributed by atoms with Gasteiger partial charge in [-0.25, -0.2) is 4.98 Å². The molecule has 2 aromatic heterocycles. The minimum Gasteiger partial charge on any atom is -0.307 e. The Balaban J connectivity index is 0.000000980. The lowest BCUT2D eigenvalue weighted by molar-refractivity contribution is 0.834. The number of hydrogen-bond acceptors (Lipinski definition) is 1. The summed E-state index contributed by atoms with van der Waals surface area (Å²) in [6, 6.07) is 4.03. The second kappa shape index (κ2) is 4.45. The molecule has 0 aliphatic carbocycles. The Kier molecular flexibility index (Phi) is 3.72. The quantitative estimate of drug-likeness (QED) is 0.781. The van der Waals surface area contributed by atoms with E-state index in [9.17, 15) is 0 Å². The third kappa shape index (κ3) is 2.17. The van der Waals surface area contributed by atoms with Crippen molar-refractivity contribution in [3.63, 3.8) is 0 Å². The monoisotopic (exact) mass is 318 g/mol. The summed E-state index contributed by atoms with van der Waals surface area (Å²) in [5.41, 5.74) is 2.14. The van der Waals surface area contributed by atoms with Gasteiger partial charge in [-0.3, -0.25) is 0 Å². The van der Waals surface area contributed by atoms with Crippen molar-refractivity contribution in [1.82, 2.24) is 9.38 Å². The summed E-state index contributed by atoms with van der Waals surface area (Å²) in [6.45, 7) is 4.30. The highest BCUT2D eigenvalue weighted by Gasteiger charge is 2.04. The van der Waals surface area contributed by atoms with Crippen LogP contribution in [0.4, 0.5) is 0 Å². The summed E-state index contributed by atoms with van der Waals surface area (Å²) >= 11 is 3.43. The summed E-state index contributed by atoms with van der Waals surface area (Å²) in [4.78, 5) is 4.51. The van der Waals surface area contributed by atoms with Gasteiger partial charge in [0.25, 0.3) is 0 Å². The van der Waals surface area contributed by atoms with Crippen LogP contribution in [0, 0.1) is 0 Å². The number of nitrogens with zero attached hydrogens (tertiary/aromatic N) is 2. The van der Waals surface area contributed by atoms with E-state index in [0.717, 1.165) is 15.8 Å². The Bertz CT molecular complexity index is 435. The minimum atomic E-state index is 0. The first-order valence-electron chi connectivity index (χ1n) is 4.31. The first-order chi connectivity index (χ1) is 6.16. The van der Waals surface area contributed by atoms with Crippen LogP contribution in [0.5, 0.6) is 0 Å². The van der Waals surface area contributed by atoms with Gasteiger partial charge in [-0.05, 0) is 18.1 Å². The van der Waals surface area contributed by atoms with Crippen LogP contribution < -0.4 is 0 Å². The van der Waals surface area contributed by atoms with Crippen LogP contribution in [-0.4, -0.2) is 9.38 Å². The fourth-order valence-electron chi connectivity index (χ4n) is 1.25. The zero-order chi connectivity index (χ0) is 9.42. The third-order valence-corrected chi connectivity index (χ3v) is 2.53. The molecular formula is C10H12Br2N2. The molecule has 2 heterocycles. The van der Waals surface area contributed by atoms with Crippen LogP contribution in [-0.2, 0) is 0 Å². The molecule has 14 heavy (non-hydrogen) atoms. The molecule has 0 aliphatic rings. The van der Waals surface area contributed by atoms with Crippen molar-refractivity contribution >= 4 is 38.6 Å². The largest absolute Gasteiger partial charge is 0.307 e. The van der Waals surface area contributed by atoms with Crippen molar-refractivity contribution in [2.24, 2.45) is 0 Å². The van der Waals surface area contributed by atoms with Gasteiger partial charge < -0.3 is 4.40 Å². The number of rotatable bonds is 1. The lowest BCUT2D eigenvalue weighted by atomic mass is 10.2. The van der Waals surface area contributed by atoms with E-state index in [0.29, 0.717) is 5.92 Å². The Morgan fingerprint density at radius 2 is 2.14 bits per heavy atom.